The van der Waals surface area contributed by atoms with Crippen molar-refractivity contribution in [2.45, 2.75) is 13.2 Å². The van der Waals surface area contributed by atoms with Gasteiger partial charge in [-0.3, -0.25) is 24.6 Å². The molecule has 4 rings (SSSR count). The number of benzene rings is 3. The highest BCUT2D eigenvalue weighted by Crippen LogP contribution is 2.36. The smallest absolute Gasteiger partial charge is 0.293 e. The van der Waals surface area contributed by atoms with E-state index in [1.165, 1.54) is 17.0 Å². The molecule has 0 spiro atoms. The third-order valence-corrected chi connectivity index (χ3v) is 7.11. The van der Waals surface area contributed by atoms with Gasteiger partial charge in [-0.15, -0.1) is 0 Å². The third-order valence-electron chi connectivity index (χ3n) is 4.93. The van der Waals surface area contributed by atoms with Gasteiger partial charge in [-0.1, -0.05) is 62.2 Å². The maximum Gasteiger partial charge on any atom is 0.293 e. The minimum Gasteiger partial charge on any atom is -0.488 e. The van der Waals surface area contributed by atoms with E-state index in [-0.39, 0.29) is 34.9 Å². The van der Waals surface area contributed by atoms with Gasteiger partial charge in [-0.25, -0.2) is 0 Å². The van der Waals surface area contributed by atoms with E-state index in [4.69, 9.17) is 4.74 Å². The Balaban J connectivity index is 1.56. The number of hydrogen-bond donors (Lipinski definition) is 0. The number of nitro groups is 1. The van der Waals surface area contributed by atoms with Gasteiger partial charge in [0.25, 0.3) is 16.8 Å². The monoisotopic (exact) mass is 602 g/mol. The van der Waals surface area contributed by atoms with Crippen molar-refractivity contribution in [2.24, 2.45) is 0 Å². The van der Waals surface area contributed by atoms with Crippen molar-refractivity contribution >= 4 is 66.5 Å². The number of rotatable bonds is 7. The number of halogens is 2. The summed E-state index contributed by atoms with van der Waals surface area (Å²) in [7, 11) is 0. The summed E-state index contributed by atoms with van der Waals surface area (Å²) in [5.74, 6) is 0.0997. The Hall–Kier alpha value is -2.95. The van der Waals surface area contributed by atoms with Crippen LogP contribution in [-0.2, 0) is 17.9 Å². The topological polar surface area (TPSA) is 89.7 Å². The lowest BCUT2D eigenvalue weighted by Crippen LogP contribution is -2.27. The highest BCUT2D eigenvalue weighted by atomic mass is 79.9. The summed E-state index contributed by atoms with van der Waals surface area (Å²) in [6.07, 6.45) is 1.62. The number of non-ortho nitro benzene ring substituents is 1. The number of nitro benzene ring substituents is 1. The van der Waals surface area contributed by atoms with Crippen molar-refractivity contribution < 1.29 is 19.2 Å². The van der Waals surface area contributed by atoms with Gasteiger partial charge in [0.05, 0.1) is 16.4 Å². The van der Waals surface area contributed by atoms with Crippen LogP contribution < -0.4 is 4.74 Å². The van der Waals surface area contributed by atoms with E-state index in [1.54, 1.807) is 36.4 Å². The molecule has 0 saturated carbocycles. The van der Waals surface area contributed by atoms with Gasteiger partial charge in [0.1, 0.15) is 12.4 Å². The molecule has 7 nitrogen and oxygen atoms in total. The first-order valence-electron chi connectivity index (χ1n) is 9.96. The van der Waals surface area contributed by atoms with Gasteiger partial charge in [0, 0.05) is 26.6 Å². The van der Waals surface area contributed by atoms with Crippen molar-refractivity contribution in [3.8, 4) is 5.75 Å². The summed E-state index contributed by atoms with van der Waals surface area (Å²) in [4.78, 5) is 37.6. The summed E-state index contributed by atoms with van der Waals surface area (Å²) in [6, 6.07) is 18.9. The first kappa shape index (κ1) is 24.2. The second kappa shape index (κ2) is 10.5. The number of amides is 2. The van der Waals surface area contributed by atoms with Crippen LogP contribution in [0.15, 0.2) is 80.6 Å². The summed E-state index contributed by atoms with van der Waals surface area (Å²) < 4.78 is 7.50. The number of nitrogens with zero attached hydrogens (tertiary/aromatic N) is 2. The Bertz CT molecular complexity index is 1330. The molecule has 1 aliphatic rings. The van der Waals surface area contributed by atoms with Crippen LogP contribution in [0.1, 0.15) is 16.7 Å². The first-order valence-corrected chi connectivity index (χ1v) is 12.4. The van der Waals surface area contributed by atoms with E-state index in [1.807, 2.05) is 24.3 Å². The van der Waals surface area contributed by atoms with Crippen molar-refractivity contribution in [3.05, 3.63) is 107 Å². The van der Waals surface area contributed by atoms with Crippen LogP contribution >= 0.6 is 43.6 Å². The van der Waals surface area contributed by atoms with Crippen molar-refractivity contribution in [2.75, 3.05) is 0 Å². The molecule has 1 fully saturated rings. The Labute approximate surface area is 216 Å². The van der Waals surface area contributed by atoms with Crippen LogP contribution in [0.2, 0.25) is 0 Å². The van der Waals surface area contributed by atoms with E-state index in [0.29, 0.717) is 16.9 Å². The molecule has 1 heterocycles. The van der Waals surface area contributed by atoms with Gasteiger partial charge in [-0.2, -0.15) is 0 Å². The lowest BCUT2D eigenvalue weighted by Gasteiger charge is -2.13. The predicted octanol–water partition coefficient (Wildman–Crippen LogP) is 6.94. The molecule has 2 amide bonds. The molecular formula is C24H16Br2N2O5S. The van der Waals surface area contributed by atoms with Crippen LogP contribution in [0, 0.1) is 10.1 Å². The van der Waals surface area contributed by atoms with E-state index in [9.17, 15) is 19.7 Å². The van der Waals surface area contributed by atoms with Gasteiger partial charge in [0.2, 0.25) is 0 Å². The lowest BCUT2D eigenvalue weighted by atomic mass is 10.1. The normalized spacial score (nSPS) is 14.6. The molecule has 0 aliphatic carbocycles. The number of ether oxygens (including phenoxy) is 1. The molecular weight excluding hydrogens is 588 g/mol. The highest BCUT2D eigenvalue weighted by Gasteiger charge is 2.35. The standard InChI is InChI=1S/C24H16Br2N2O5S/c25-18-8-9-21(33-14-15-4-3-6-19(10-15)28(31)32)17(11-18)12-22-23(29)27(24(30)34-22)13-16-5-1-2-7-20(16)26/h1-12H,13-14H2/b22-12-. The van der Waals surface area contributed by atoms with Crippen LogP contribution in [0.4, 0.5) is 10.5 Å². The fourth-order valence-electron chi connectivity index (χ4n) is 3.26. The van der Waals surface area contributed by atoms with Crippen molar-refractivity contribution in [1.82, 2.24) is 4.90 Å². The van der Waals surface area contributed by atoms with Crippen LogP contribution in [0.3, 0.4) is 0 Å². The number of carbonyl (C=O) groups is 2. The molecule has 0 N–H and O–H groups in total. The summed E-state index contributed by atoms with van der Waals surface area (Å²) >= 11 is 7.75. The Morgan fingerprint density at radius 1 is 1.03 bits per heavy atom. The minimum atomic E-state index is -0.460. The zero-order valence-electron chi connectivity index (χ0n) is 17.4. The fourth-order valence-corrected chi connectivity index (χ4v) is 4.88. The molecule has 0 atom stereocenters. The van der Waals surface area contributed by atoms with Crippen LogP contribution in [0.5, 0.6) is 5.75 Å². The highest BCUT2D eigenvalue weighted by molar-refractivity contribution is 9.10. The second-order valence-corrected chi connectivity index (χ2v) is 10.0. The fraction of sp³-hybridized carbons (Fsp3) is 0.0833. The van der Waals surface area contributed by atoms with E-state index >= 15 is 0 Å². The summed E-state index contributed by atoms with van der Waals surface area (Å²) in [5, 5.41) is 10.7. The van der Waals surface area contributed by atoms with Gasteiger partial charge >= 0.3 is 0 Å². The molecule has 34 heavy (non-hydrogen) atoms. The molecule has 3 aromatic rings. The Morgan fingerprint density at radius 3 is 2.59 bits per heavy atom. The molecule has 0 aromatic heterocycles. The van der Waals surface area contributed by atoms with E-state index < -0.39 is 4.92 Å². The quantitative estimate of drug-likeness (QED) is 0.165. The zero-order chi connectivity index (χ0) is 24.2. The molecule has 1 saturated heterocycles. The summed E-state index contributed by atoms with van der Waals surface area (Å²) in [5.41, 5.74) is 2.05. The molecule has 172 valence electrons. The number of carbonyl (C=O) groups excluding carboxylic acids is 2. The Kier molecular flexibility index (Phi) is 7.50. The second-order valence-electron chi connectivity index (χ2n) is 7.26. The lowest BCUT2D eigenvalue weighted by molar-refractivity contribution is -0.384. The number of imide groups is 1. The molecule has 0 bridgehead atoms. The first-order chi connectivity index (χ1) is 16.3. The van der Waals surface area contributed by atoms with Crippen LogP contribution in [0.25, 0.3) is 6.08 Å². The maximum atomic E-state index is 13.0. The average Bonchev–Trinajstić information content (AvgIpc) is 3.07. The zero-order valence-corrected chi connectivity index (χ0v) is 21.4. The SMILES string of the molecule is O=C1S/C(=C\c2cc(Br)ccc2OCc2cccc([N+](=O)[O-])c2)C(=O)N1Cc1ccccc1Br. The van der Waals surface area contributed by atoms with Gasteiger partial charge in [-0.05, 0) is 53.2 Å². The Morgan fingerprint density at radius 2 is 1.82 bits per heavy atom. The maximum absolute atomic E-state index is 13.0. The number of hydrogen-bond acceptors (Lipinski definition) is 6. The van der Waals surface area contributed by atoms with Crippen molar-refractivity contribution in [1.29, 1.82) is 0 Å². The third kappa shape index (κ3) is 5.57. The molecule has 1 aliphatic heterocycles. The van der Waals surface area contributed by atoms with Crippen molar-refractivity contribution in [3.63, 3.8) is 0 Å². The van der Waals surface area contributed by atoms with E-state index in [0.717, 1.165) is 26.3 Å². The molecule has 0 unspecified atom stereocenters. The molecule has 10 heteroatoms. The average molecular weight is 604 g/mol. The van der Waals surface area contributed by atoms with Crippen LogP contribution in [-0.4, -0.2) is 21.0 Å². The van der Waals surface area contributed by atoms with Gasteiger partial charge in [0.15, 0.2) is 0 Å². The van der Waals surface area contributed by atoms with Gasteiger partial charge < -0.3 is 4.74 Å². The minimum absolute atomic E-state index is 0.0177. The molecule has 3 aromatic carbocycles. The molecule has 0 radical (unpaired) electrons. The van der Waals surface area contributed by atoms with E-state index in [2.05, 4.69) is 31.9 Å². The largest absolute Gasteiger partial charge is 0.488 e. The number of thioether (sulfide) groups is 1. The predicted molar refractivity (Wildman–Crippen MR) is 137 cm³/mol. The summed E-state index contributed by atoms with van der Waals surface area (Å²) in [6.45, 7) is 0.270.